The lowest BCUT2D eigenvalue weighted by Crippen LogP contribution is -2.52. The molecule has 144 valence electrons. The number of amides is 1. The van der Waals surface area contributed by atoms with Crippen LogP contribution >= 0.6 is 0 Å². The van der Waals surface area contributed by atoms with Gasteiger partial charge in [-0.1, -0.05) is 42.5 Å². The van der Waals surface area contributed by atoms with Crippen LogP contribution < -0.4 is 4.72 Å². The van der Waals surface area contributed by atoms with Gasteiger partial charge in [0, 0.05) is 13.1 Å². The van der Waals surface area contributed by atoms with E-state index < -0.39 is 26.8 Å². The molecule has 0 unspecified atom stereocenters. The summed E-state index contributed by atoms with van der Waals surface area (Å²) < 4.78 is 47.0. The Morgan fingerprint density at radius 2 is 1.70 bits per heavy atom. The van der Waals surface area contributed by atoms with Crippen molar-refractivity contribution in [1.29, 1.82) is 0 Å². The van der Waals surface area contributed by atoms with E-state index in [1.807, 2.05) is 30.3 Å². The zero-order valence-electron chi connectivity index (χ0n) is 14.7. The van der Waals surface area contributed by atoms with Gasteiger partial charge in [-0.2, -0.15) is 4.72 Å². The second-order valence-electron chi connectivity index (χ2n) is 6.23. The highest BCUT2D eigenvalue weighted by Crippen LogP contribution is 2.16. The third-order valence-electron chi connectivity index (χ3n) is 4.33. The molecule has 0 radical (unpaired) electrons. The molecule has 0 saturated carbocycles. The Morgan fingerprint density at radius 1 is 1.07 bits per heavy atom. The number of nitrogens with one attached hydrogen (secondary N) is 1. The molecule has 0 spiro atoms. The molecule has 1 amide bonds. The van der Waals surface area contributed by atoms with Gasteiger partial charge in [0.2, 0.25) is 15.9 Å². The molecule has 1 atom stereocenters. The predicted molar refractivity (Wildman–Crippen MR) is 98.1 cm³/mol. The normalized spacial score (nSPS) is 16.1. The van der Waals surface area contributed by atoms with Gasteiger partial charge in [-0.15, -0.1) is 0 Å². The molecule has 2 aromatic rings. The summed E-state index contributed by atoms with van der Waals surface area (Å²) in [5.41, 5.74) is 0.806. The largest absolute Gasteiger partial charge is 0.378 e. The van der Waals surface area contributed by atoms with E-state index >= 15 is 0 Å². The first-order chi connectivity index (χ1) is 13.0. The summed E-state index contributed by atoms with van der Waals surface area (Å²) >= 11 is 0. The number of rotatable bonds is 6. The van der Waals surface area contributed by atoms with Crippen LogP contribution in [0.15, 0.2) is 59.5 Å². The van der Waals surface area contributed by atoms with Crippen molar-refractivity contribution in [3.05, 3.63) is 66.0 Å². The monoisotopic (exact) mass is 392 g/mol. The van der Waals surface area contributed by atoms with Crippen molar-refractivity contribution >= 4 is 15.9 Å². The average molecular weight is 392 g/mol. The van der Waals surface area contributed by atoms with E-state index in [0.29, 0.717) is 26.3 Å². The Kier molecular flexibility index (Phi) is 6.20. The molecule has 1 heterocycles. The molecule has 0 aromatic heterocycles. The van der Waals surface area contributed by atoms with Gasteiger partial charge >= 0.3 is 0 Å². The first-order valence-corrected chi connectivity index (χ1v) is 10.1. The third kappa shape index (κ3) is 4.91. The predicted octanol–water partition coefficient (Wildman–Crippen LogP) is 1.57. The Morgan fingerprint density at radius 3 is 2.37 bits per heavy atom. The molecule has 0 aliphatic carbocycles. The SMILES string of the molecule is O=C([C@H](Cc1ccccc1)NS(=O)(=O)c1ccccc1F)N1CCOCC1. The molecule has 2 aromatic carbocycles. The fourth-order valence-electron chi connectivity index (χ4n) is 2.95. The van der Waals surface area contributed by atoms with Crippen molar-refractivity contribution < 1.29 is 22.3 Å². The summed E-state index contributed by atoms with van der Waals surface area (Å²) in [4.78, 5) is 14.0. The summed E-state index contributed by atoms with van der Waals surface area (Å²) in [5, 5.41) is 0. The van der Waals surface area contributed by atoms with Gasteiger partial charge < -0.3 is 9.64 Å². The second-order valence-corrected chi connectivity index (χ2v) is 7.91. The maximum absolute atomic E-state index is 14.0. The summed E-state index contributed by atoms with van der Waals surface area (Å²) in [6.07, 6.45) is 0.171. The fourth-order valence-corrected chi connectivity index (χ4v) is 4.21. The number of nitrogens with zero attached hydrogens (tertiary/aromatic N) is 1. The Hall–Kier alpha value is -2.29. The van der Waals surface area contributed by atoms with Crippen LogP contribution in [0.2, 0.25) is 0 Å². The zero-order chi connectivity index (χ0) is 19.3. The fraction of sp³-hybridized carbons (Fsp3) is 0.316. The first kappa shape index (κ1) is 19.5. The number of carbonyl (C=O) groups excluding carboxylic acids is 1. The van der Waals surface area contributed by atoms with Crippen LogP contribution in [0.5, 0.6) is 0 Å². The lowest BCUT2D eigenvalue weighted by Gasteiger charge is -2.30. The van der Waals surface area contributed by atoms with Gasteiger partial charge in [0.1, 0.15) is 16.8 Å². The van der Waals surface area contributed by atoms with E-state index in [1.54, 1.807) is 4.90 Å². The van der Waals surface area contributed by atoms with Gasteiger partial charge in [0.25, 0.3) is 0 Å². The molecule has 1 aliphatic heterocycles. The van der Waals surface area contributed by atoms with E-state index in [9.17, 15) is 17.6 Å². The lowest BCUT2D eigenvalue weighted by atomic mass is 10.1. The lowest BCUT2D eigenvalue weighted by molar-refractivity contribution is -0.137. The minimum Gasteiger partial charge on any atom is -0.378 e. The Balaban J connectivity index is 1.86. The summed E-state index contributed by atoms with van der Waals surface area (Å²) in [6, 6.07) is 13.2. The molecule has 27 heavy (non-hydrogen) atoms. The van der Waals surface area contributed by atoms with E-state index in [2.05, 4.69) is 4.72 Å². The number of carbonyl (C=O) groups is 1. The maximum Gasteiger partial charge on any atom is 0.244 e. The van der Waals surface area contributed by atoms with E-state index in [-0.39, 0.29) is 12.3 Å². The Labute approximate surface area is 158 Å². The van der Waals surface area contributed by atoms with Crippen LogP contribution in [0.1, 0.15) is 5.56 Å². The molecule has 0 bridgehead atoms. The third-order valence-corrected chi connectivity index (χ3v) is 5.83. The van der Waals surface area contributed by atoms with Crippen LogP contribution in [0.4, 0.5) is 4.39 Å². The van der Waals surface area contributed by atoms with Crippen LogP contribution in [-0.4, -0.2) is 51.6 Å². The molecular formula is C19H21FN2O4S. The molecule has 8 heteroatoms. The van der Waals surface area contributed by atoms with Crippen molar-refractivity contribution in [2.45, 2.75) is 17.4 Å². The molecule has 3 rings (SSSR count). The molecule has 1 aliphatic rings. The van der Waals surface area contributed by atoms with Crippen molar-refractivity contribution in [1.82, 2.24) is 9.62 Å². The minimum absolute atomic E-state index is 0.171. The van der Waals surface area contributed by atoms with Crippen molar-refractivity contribution in [2.75, 3.05) is 26.3 Å². The van der Waals surface area contributed by atoms with Crippen molar-refractivity contribution in [2.24, 2.45) is 0 Å². The van der Waals surface area contributed by atoms with Gasteiger partial charge in [-0.25, -0.2) is 12.8 Å². The van der Waals surface area contributed by atoms with E-state index in [1.165, 1.54) is 18.2 Å². The molecule has 1 N–H and O–H groups in total. The van der Waals surface area contributed by atoms with Gasteiger partial charge in [-0.05, 0) is 24.1 Å². The summed E-state index contributed by atoms with van der Waals surface area (Å²) in [6.45, 7) is 1.60. The smallest absolute Gasteiger partial charge is 0.244 e. The quantitative estimate of drug-likeness (QED) is 0.810. The number of benzene rings is 2. The van der Waals surface area contributed by atoms with E-state index in [0.717, 1.165) is 11.6 Å². The van der Waals surface area contributed by atoms with Crippen molar-refractivity contribution in [3.63, 3.8) is 0 Å². The topological polar surface area (TPSA) is 75.7 Å². The number of ether oxygens (including phenoxy) is 1. The highest BCUT2D eigenvalue weighted by atomic mass is 32.2. The van der Waals surface area contributed by atoms with Gasteiger partial charge in [-0.3, -0.25) is 4.79 Å². The number of sulfonamides is 1. The van der Waals surface area contributed by atoms with Gasteiger partial charge in [0.05, 0.1) is 13.2 Å². The first-order valence-electron chi connectivity index (χ1n) is 8.65. The summed E-state index contributed by atoms with van der Waals surface area (Å²) in [7, 11) is -4.20. The van der Waals surface area contributed by atoms with Crippen LogP contribution in [0.3, 0.4) is 0 Å². The highest BCUT2D eigenvalue weighted by molar-refractivity contribution is 7.89. The van der Waals surface area contributed by atoms with Crippen LogP contribution in [-0.2, 0) is 26.0 Å². The summed E-state index contributed by atoms with van der Waals surface area (Å²) in [5.74, 6) is -1.20. The van der Waals surface area contributed by atoms with Crippen LogP contribution in [0, 0.1) is 5.82 Å². The van der Waals surface area contributed by atoms with Gasteiger partial charge in [0.15, 0.2) is 0 Å². The number of hydrogen-bond acceptors (Lipinski definition) is 4. The van der Waals surface area contributed by atoms with Crippen molar-refractivity contribution in [3.8, 4) is 0 Å². The molecule has 6 nitrogen and oxygen atoms in total. The maximum atomic E-state index is 14.0. The average Bonchev–Trinajstić information content (AvgIpc) is 2.68. The highest BCUT2D eigenvalue weighted by Gasteiger charge is 2.31. The Bertz CT molecular complexity index is 884. The zero-order valence-corrected chi connectivity index (χ0v) is 15.5. The van der Waals surface area contributed by atoms with E-state index in [4.69, 9.17) is 4.74 Å². The standard InChI is InChI=1S/C19H21FN2O4S/c20-16-8-4-5-9-18(16)27(24,25)21-17(14-15-6-2-1-3-7-15)19(23)22-10-12-26-13-11-22/h1-9,17,21H,10-14H2/t17-/m0/s1. The molecule has 1 fully saturated rings. The second kappa shape index (κ2) is 8.60. The minimum atomic E-state index is -4.20. The number of morpholine rings is 1. The number of hydrogen-bond donors (Lipinski definition) is 1. The number of halogens is 1. The molecular weight excluding hydrogens is 371 g/mol. The van der Waals surface area contributed by atoms with Crippen LogP contribution in [0.25, 0.3) is 0 Å². The molecule has 1 saturated heterocycles.